The SMILES string of the molecule is Clc1nc2c3cnccc3[nH]c2c2cnccc12. The normalized spacial score (nSPS) is 11.6. The Morgan fingerprint density at radius 3 is 2.61 bits per heavy atom. The molecule has 0 atom stereocenters. The van der Waals surface area contributed by atoms with Crippen LogP contribution in [0.3, 0.4) is 0 Å². The van der Waals surface area contributed by atoms with Gasteiger partial charge in [0.05, 0.1) is 16.6 Å². The van der Waals surface area contributed by atoms with Gasteiger partial charge < -0.3 is 4.98 Å². The van der Waals surface area contributed by atoms with Gasteiger partial charge in [0.2, 0.25) is 0 Å². The Labute approximate surface area is 107 Å². The largest absolute Gasteiger partial charge is 0.353 e. The number of hydrogen-bond acceptors (Lipinski definition) is 3. The molecular weight excluding hydrogens is 248 g/mol. The van der Waals surface area contributed by atoms with Crippen LogP contribution < -0.4 is 0 Å². The lowest BCUT2D eigenvalue weighted by Gasteiger charge is -2.00. The molecule has 0 saturated heterocycles. The molecule has 4 aromatic heterocycles. The van der Waals surface area contributed by atoms with E-state index in [4.69, 9.17) is 11.6 Å². The van der Waals surface area contributed by atoms with Crippen LogP contribution >= 0.6 is 11.6 Å². The van der Waals surface area contributed by atoms with Crippen molar-refractivity contribution in [3.8, 4) is 0 Å². The average Bonchev–Trinajstić information content (AvgIpc) is 2.78. The van der Waals surface area contributed by atoms with Crippen molar-refractivity contribution >= 4 is 44.3 Å². The van der Waals surface area contributed by atoms with E-state index in [2.05, 4.69) is 19.9 Å². The van der Waals surface area contributed by atoms with E-state index in [1.807, 2.05) is 12.1 Å². The molecule has 4 heterocycles. The van der Waals surface area contributed by atoms with Crippen molar-refractivity contribution in [2.75, 3.05) is 0 Å². The minimum atomic E-state index is 0.490. The Bertz CT molecular complexity index is 897. The first-order valence-electron chi connectivity index (χ1n) is 5.49. The van der Waals surface area contributed by atoms with Gasteiger partial charge in [-0.3, -0.25) is 9.97 Å². The molecule has 0 aliphatic rings. The van der Waals surface area contributed by atoms with Crippen molar-refractivity contribution in [3.63, 3.8) is 0 Å². The van der Waals surface area contributed by atoms with Gasteiger partial charge in [0.25, 0.3) is 0 Å². The first-order valence-corrected chi connectivity index (χ1v) is 5.87. The molecule has 0 fully saturated rings. The lowest BCUT2D eigenvalue weighted by Crippen LogP contribution is -1.83. The second-order valence-corrected chi connectivity index (χ2v) is 4.45. The Hall–Kier alpha value is -2.20. The van der Waals surface area contributed by atoms with Crippen molar-refractivity contribution < 1.29 is 0 Å². The summed E-state index contributed by atoms with van der Waals surface area (Å²) in [6.07, 6.45) is 7.05. The van der Waals surface area contributed by atoms with E-state index in [0.717, 1.165) is 32.7 Å². The number of aromatic amines is 1. The van der Waals surface area contributed by atoms with Crippen LogP contribution in [0, 0.1) is 0 Å². The number of pyridine rings is 3. The zero-order chi connectivity index (χ0) is 12.1. The maximum Gasteiger partial charge on any atom is 0.137 e. The third kappa shape index (κ3) is 1.18. The van der Waals surface area contributed by atoms with Crippen LogP contribution in [0.25, 0.3) is 32.7 Å². The fourth-order valence-corrected chi connectivity index (χ4v) is 2.51. The Morgan fingerprint density at radius 2 is 1.72 bits per heavy atom. The lowest BCUT2D eigenvalue weighted by atomic mass is 10.2. The highest BCUT2D eigenvalue weighted by Gasteiger charge is 2.11. The summed E-state index contributed by atoms with van der Waals surface area (Å²) < 4.78 is 0. The molecule has 18 heavy (non-hydrogen) atoms. The van der Waals surface area contributed by atoms with E-state index in [0.29, 0.717) is 5.15 Å². The van der Waals surface area contributed by atoms with Crippen LogP contribution in [0.4, 0.5) is 0 Å². The Morgan fingerprint density at radius 1 is 0.944 bits per heavy atom. The summed E-state index contributed by atoms with van der Waals surface area (Å²) in [6.45, 7) is 0. The molecule has 0 spiro atoms. The molecule has 0 aliphatic heterocycles. The molecular formula is C13H7ClN4. The van der Waals surface area contributed by atoms with Gasteiger partial charge in [0.15, 0.2) is 0 Å². The summed E-state index contributed by atoms with van der Waals surface area (Å²) in [5.74, 6) is 0. The van der Waals surface area contributed by atoms with E-state index in [-0.39, 0.29) is 0 Å². The summed E-state index contributed by atoms with van der Waals surface area (Å²) in [4.78, 5) is 16.1. The van der Waals surface area contributed by atoms with Crippen LogP contribution in [0.1, 0.15) is 0 Å². The molecule has 0 unspecified atom stereocenters. The van der Waals surface area contributed by atoms with Crippen LogP contribution in [0.5, 0.6) is 0 Å². The molecule has 0 aliphatic carbocycles. The average molecular weight is 255 g/mol. The minimum Gasteiger partial charge on any atom is -0.353 e. The fourth-order valence-electron chi connectivity index (χ4n) is 2.26. The second-order valence-electron chi connectivity index (χ2n) is 4.09. The predicted octanol–water partition coefficient (Wildman–Crippen LogP) is 3.31. The molecule has 4 nitrogen and oxygen atoms in total. The first kappa shape index (κ1) is 9.79. The van der Waals surface area contributed by atoms with E-state index in [1.54, 1.807) is 24.8 Å². The summed E-state index contributed by atoms with van der Waals surface area (Å²) in [5.41, 5.74) is 2.79. The third-order valence-corrected chi connectivity index (χ3v) is 3.38. The molecule has 4 aromatic rings. The van der Waals surface area contributed by atoms with Crippen LogP contribution in [0.2, 0.25) is 5.15 Å². The van der Waals surface area contributed by atoms with Crippen LogP contribution in [-0.4, -0.2) is 19.9 Å². The van der Waals surface area contributed by atoms with Crippen molar-refractivity contribution in [2.24, 2.45) is 0 Å². The number of aromatic nitrogens is 4. The standard InChI is InChI=1S/C13H7ClN4/c14-13-7-1-3-15-5-8(7)11-12(18-13)9-6-16-4-2-10(9)17-11/h1-6,17H. The molecule has 0 bridgehead atoms. The van der Waals surface area contributed by atoms with Crippen molar-refractivity contribution in [1.29, 1.82) is 0 Å². The molecule has 5 heteroatoms. The Kier molecular flexibility index (Phi) is 1.85. The molecule has 0 radical (unpaired) electrons. The summed E-state index contributed by atoms with van der Waals surface area (Å²) in [7, 11) is 0. The number of hydrogen-bond donors (Lipinski definition) is 1. The van der Waals surface area contributed by atoms with Gasteiger partial charge in [0.1, 0.15) is 5.15 Å². The van der Waals surface area contributed by atoms with E-state index in [1.165, 1.54) is 0 Å². The molecule has 0 aromatic carbocycles. The predicted molar refractivity (Wildman–Crippen MR) is 71.7 cm³/mol. The molecule has 4 rings (SSSR count). The van der Waals surface area contributed by atoms with Gasteiger partial charge in [-0.05, 0) is 12.1 Å². The van der Waals surface area contributed by atoms with E-state index < -0.39 is 0 Å². The van der Waals surface area contributed by atoms with Crippen molar-refractivity contribution in [3.05, 3.63) is 42.1 Å². The third-order valence-electron chi connectivity index (χ3n) is 3.10. The number of fused-ring (bicyclic) bond motifs is 5. The van der Waals surface area contributed by atoms with Gasteiger partial charge in [0, 0.05) is 40.9 Å². The topological polar surface area (TPSA) is 54.5 Å². The highest BCUT2D eigenvalue weighted by Crippen LogP contribution is 2.31. The quantitative estimate of drug-likeness (QED) is 0.490. The van der Waals surface area contributed by atoms with Gasteiger partial charge in [-0.1, -0.05) is 11.6 Å². The summed E-state index contributed by atoms with van der Waals surface area (Å²) in [6, 6.07) is 3.79. The highest BCUT2D eigenvalue weighted by molar-refractivity contribution is 6.36. The minimum absolute atomic E-state index is 0.490. The van der Waals surface area contributed by atoms with Gasteiger partial charge >= 0.3 is 0 Å². The van der Waals surface area contributed by atoms with E-state index >= 15 is 0 Å². The van der Waals surface area contributed by atoms with E-state index in [9.17, 15) is 0 Å². The number of nitrogens with one attached hydrogen (secondary N) is 1. The molecule has 86 valence electrons. The molecule has 1 N–H and O–H groups in total. The molecule has 0 amide bonds. The smallest absolute Gasteiger partial charge is 0.137 e. The summed E-state index contributed by atoms with van der Waals surface area (Å²) >= 11 is 6.22. The zero-order valence-corrected chi connectivity index (χ0v) is 9.94. The maximum atomic E-state index is 6.22. The van der Waals surface area contributed by atoms with Crippen molar-refractivity contribution in [2.45, 2.75) is 0 Å². The van der Waals surface area contributed by atoms with Crippen molar-refractivity contribution in [1.82, 2.24) is 19.9 Å². The van der Waals surface area contributed by atoms with Gasteiger partial charge in [-0.15, -0.1) is 0 Å². The maximum absolute atomic E-state index is 6.22. The summed E-state index contributed by atoms with van der Waals surface area (Å²) in [5, 5.41) is 3.34. The fraction of sp³-hybridized carbons (Fsp3) is 0. The monoisotopic (exact) mass is 254 g/mol. The first-order chi connectivity index (χ1) is 8.84. The Balaban J connectivity index is 2.36. The van der Waals surface area contributed by atoms with Gasteiger partial charge in [-0.2, -0.15) is 0 Å². The zero-order valence-electron chi connectivity index (χ0n) is 9.18. The molecule has 0 saturated carbocycles. The highest BCUT2D eigenvalue weighted by atomic mass is 35.5. The number of halogens is 1. The lowest BCUT2D eigenvalue weighted by molar-refractivity contribution is 1.35. The number of rotatable bonds is 0. The number of H-pyrrole nitrogens is 1. The second kappa shape index (κ2) is 3.40. The van der Waals surface area contributed by atoms with Gasteiger partial charge in [-0.25, -0.2) is 4.98 Å². The number of nitrogens with zero attached hydrogens (tertiary/aromatic N) is 3. The van der Waals surface area contributed by atoms with Crippen LogP contribution in [0.15, 0.2) is 36.9 Å². The van der Waals surface area contributed by atoms with Crippen LogP contribution in [-0.2, 0) is 0 Å².